The average Bonchev–Trinajstić information content (AvgIpc) is 3.39. The number of hydrogen-bond donors (Lipinski definition) is 0. The lowest BCUT2D eigenvalue weighted by molar-refractivity contribution is -0.117. The molecule has 30 heavy (non-hydrogen) atoms. The Balaban J connectivity index is 1.74. The van der Waals surface area contributed by atoms with Crippen molar-refractivity contribution in [3.8, 4) is 0 Å². The zero-order chi connectivity index (χ0) is 21.1. The summed E-state index contributed by atoms with van der Waals surface area (Å²) >= 11 is 1.67. The van der Waals surface area contributed by atoms with Gasteiger partial charge in [-0.3, -0.25) is 9.59 Å². The van der Waals surface area contributed by atoms with Crippen molar-refractivity contribution in [2.75, 3.05) is 0 Å². The van der Waals surface area contributed by atoms with Gasteiger partial charge in [0.05, 0.1) is 0 Å². The molecule has 0 amide bonds. The minimum atomic E-state index is -0.0518. The molecule has 0 saturated heterocycles. The summed E-state index contributed by atoms with van der Waals surface area (Å²) in [4.78, 5) is 30.4. The second-order valence-electron chi connectivity index (χ2n) is 7.67. The van der Waals surface area contributed by atoms with Crippen LogP contribution in [0.4, 0.5) is 0 Å². The molecule has 0 aliphatic rings. The highest BCUT2D eigenvalue weighted by atomic mass is 32.1. The third-order valence-electron chi connectivity index (χ3n) is 5.39. The van der Waals surface area contributed by atoms with Gasteiger partial charge in [-0.1, -0.05) is 35.9 Å². The maximum absolute atomic E-state index is 13.1. The van der Waals surface area contributed by atoms with Crippen LogP contribution in [-0.4, -0.2) is 21.1 Å². The van der Waals surface area contributed by atoms with E-state index in [1.165, 1.54) is 0 Å². The zero-order valence-electron chi connectivity index (χ0n) is 17.2. The molecular weight excluding hydrogens is 392 g/mol. The molecule has 0 fully saturated rings. The van der Waals surface area contributed by atoms with Gasteiger partial charge in [-0.05, 0) is 43.0 Å². The van der Waals surface area contributed by atoms with E-state index in [9.17, 15) is 9.59 Å². The van der Waals surface area contributed by atoms with Crippen LogP contribution in [0.2, 0.25) is 0 Å². The Morgan fingerprint density at radius 1 is 1.10 bits per heavy atom. The SMILES string of the molecule is CC(=O)CCn1cc(C(CC(=O)c2ccc(C)cc2)c2cccs2)c2cccnc21. The predicted molar refractivity (Wildman–Crippen MR) is 121 cm³/mol. The molecule has 0 aliphatic carbocycles. The molecule has 0 radical (unpaired) electrons. The van der Waals surface area contributed by atoms with E-state index in [-0.39, 0.29) is 17.5 Å². The summed E-state index contributed by atoms with van der Waals surface area (Å²) in [5.41, 5.74) is 3.82. The van der Waals surface area contributed by atoms with Crippen molar-refractivity contribution in [2.24, 2.45) is 0 Å². The lowest BCUT2D eigenvalue weighted by Crippen LogP contribution is -2.08. The maximum Gasteiger partial charge on any atom is 0.163 e. The van der Waals surface area contributed by atoms with Crippen molar-refractivity contribution in [3.63, 3.8) is 0 Å². The Kier molecular flexibility index (Phi) is 5.91. The van der Waals surface area contributed by atoms with Crippen LogP contribution in [0.15, 0.2) is 66.3 Å². The van der Waals surface area contributed by atoms with E-state index in [0.717, 1.165) is 32.6 Å². The lowest BCUT2D eigenvalue weighted by Gasteiger charge is -2.15. The van der Waals surface area contributed by atoms with Gasteiger partial charge in [-0.15, -0.1) is 11.3 Å². The Labute approximate surface area is 180 Å². The summed E-state index contributed by atoms with van der Waals surface area (Å²) in [6.45, 7) is 4.21. The van der Waals surface area contributed by atoms with Gasteiger partial charge < -0.3 is 4.57 Å². The summed E-state index contributed by atoms with van der Waals surface area (Å²) in [6.07, 6.45) is 4.71. The van der Waals surface area contributed by atoms with Crippen LogP contribution in [0.25, 0.3) is 11.0 Å². The number of aryl methyl sites for hydroxylation is 2. The number of Topliss-reactive ketones (excluding diaryl/α,β-unsaturated/α-hetero) is 2. The van der Waals surface area contributed by atoms with Crippen LogP contribution < -0.4 is 0 Å². The quantitative estimate of drug-likeness (QED) is 0.342. The van der Waals surface area contributed by atoms with E-state index < -0.39 is 0 Å². The molecule has 3 aromatic heterocycles. The highest BCUT2D eigenvalue weighted by molar-refractivity contribution is 7.10. The molecule has 0 N–H and O–H groups in total. The summed E-state index contributed by atoms with van der Waals surface area (Å²) < 4.78 is 2.04. The van der Waals surface area contributed by atoms with Gasteiger partial charge >= 0.3 is 0 Å². The number of rotatable bonds is 8. The first-order valence-electron chi connectivity index (χ1n) is 10.1. The van der Waals surface area contributed by atoms with Gasteiger partial charge in [-0.2, -0.15) is 0 Å². The van der Waals surface area contributed by atoms with E-state index >= 15 is 0 Å². The molecule has 4 aromatic rings. The van der Waals surface area contributed by atoms with Crippen molar-refractivity contribution in [3.05, 3.63) is 87.9 Å². The third-order valence-corrected chi connectivity index (χ3v) is 6.38. The normalized spacial score (nSPS) is 12.2. The van der Waals surface area contributed by atoms with Crippen LogP contribution in [0.3, 0.4) is 0 Å². The molecule has 4 rings (SSSR count). The molecule has 152 valence electrons. The molecule has 0 spiro atoms. The third kappa shape index (κ3) is 4.26. The molecule has 0 aliphatic heterocycles. The van der Waals surface area contributed by atoms with Gasteiger partial charge in [0.15, 0.2) is 5.78 Å². The van der Waals surface area contributed by atoms with E-state index in [1.807, 2.05) is 53.3 Å². The Morgan fingerprint density at radius 3 is 2.60 bits per heavy atom. The fourth-order valence-electron chi connectivity index (χ4n) is 3.77. The molecule has 5 heteroatoms. The highest BCUT2D eigenvalue weighted by Gasteiger charge is 2.24. The molecule has 1 unspecified atom stereocenters. The number of nitrogens with zero attached hydrogens (tertiary/aromatic N) is 2. The molecule has 1 aromatic carbocycles. The fourth-order valence-corrected chi connectivity index (χ4v) is 4.62. The van der Waals surface area contributed by atoms with Crippen LogP contribution in [0.1, 0.15) is 52.0 Å². The predicted octanol–water partition coefficient (Wildman–Crippen LogP) is 5.79. The number of thiophene rings is 1. The minimum absolute atomic E-state index is 0.0518. The van der Waals surface area contributed by atoms with Crippen molar-refractivity contribution in [2.45, 2.75) is 39.2 Å². The molecule has 0 saturated carbocycles. The van der Waals surface area contributed by atoms with Crippen molar-refractivity contribution < 1.29 is 9.59 Å². The number of fused-ring (bicyclic) bond motifs is 1. The first kappa shape index (κ1) is 20.2. The standard InChI is InChI=1S/C25H24N2O2S/c1-17-7-9-19(10-8-17)23(29)15-21(24-6-4-14-30-24)22-16-27(13-11-18(2)28)25-20(22)5-3-12-26-25/h3-10,12,14,16,21H,11,13,15H2,1-2H3. The smallest absolute Gasteiger partial charge is 0.163 e. The van der Waals surface area contributed by atoms with Gasteiger partial charge in [0.2, 0.25) is 0 Å². The largest absolute Gasteiger partial charge is 0.332 e. The molecule has 0 bridgehead atoms. The topological polar surface area (TPSA) is 52.0 Å². The Hall–Kier alpha value is -3.05. The average molecular weight is 417 g/mol. The Morgan fingerprint density at radius 2 is 1.90 bits per heavy atom. The Bertz CT molecular complexity index is 1170. The van der Waals surface area contributed by atoms with Crippen molar-refractivity contribution in [1.82, 2.24) is 9.55 Å². The summed E-state index contributed by atoms with van der Waals surface area (Å²) in [6, 6.07) is 15.9. The lowest BCUT2D eigenvalue weighted by atomic mass is 9.90. The van der Waals surface area contributed by atoms with Crippen LogP contribution in [0.5, 0.6) is 0 Å². The van der Waals surface area contributed by atoms with E-state index in [2.05, 4.69) is 23.3 Å². The molecular formula is C25H24N2O2S. The van der Waals surface area contributed by atoms with Crippen molar-refractivity contribution >= 4 is 33.9 Å². The number of pyridine rings is 1. The van der Waals surface area contributed by atoms with E-state index in [4.69, 9.17) is 0 Å². The number of benzene rings is 1. The van der Waals surface area contributed by atoms with Gasteiger partial charge in [0, 0.05) is 53.5 Å². The number of aromatic nitrogens is 2. The van der Waals surface area contributed by atoms with Gasteiger partial charge in [-0.25, -0.2) is 4.98 Å². The van der Waals surface area contributed by atoms with Gasteiger partial charge in [0.25, 0.3) is 0 Å². The van der Waals surface area contributed by atoms with Gasteiger partial charge in [0.1, 0.15) is 11.4 Å². The second-order valence-corrected chi connectivity index (χ2v) is 8.65. The number of ketones is 2. The van der Waals surface area contributed by atoms with Crippen LogP contribution in [-0.2, 0) is 11.3 Å². The number of carbonyl (C=O) groups excluding carboxylic acids is 2. The minimum Gasteiger partial charge on any atom is -0.332 e. The van der Waals surface area contributed by atoms with E-state index in [0.29, 0.717) is 19.4 Å². The molecule has 4 nitrogen and oxygen atoms in total. The fraction of sp³-hybridized carbons (Fsp3) is 0.240. The second kappa shape index (κ2) is 8.76. The zero-order valence-corrected chi connectivity index (χ0v) is 18.0. The first-order chi connectivity index (χ1) is 14.5. The summed E-state index contributed by atoms with van der Waals surface area (Å²) in [7, 11) is 0. The van der Waals surface area contributed by atoms with E-state index in [1.54, 1.807) is 24.5 Å². The van der Waals surface area contributed by atoms with Crippen LogP contribution in [0, 0.1) is 6.92 Å². The first-order valence-corrected chi connectivity index (χ1v) is 11.0. The molecule has 3 heterocycles. The summed E-state index contributed by atoms with van der Waals surface area (Å²) in [5.74, 6) is 0.227. The number of hydrogen-bond acceptors (Lipinski definition) is 4. The number of carbonyl (C=O) groups is 2. The van der Waals surface area contributed by atoms with Crippen molar-refractivity contribution in [1.29, 1.82) is 0 Å². The van der Waals surface area contributed by atoms with Crippen LogP contribution >= 0.6 is 11.3 Å². The molecule has 1 atom stereocenters. The maximum atomic E-state index is 13.1. The monoisotopic (exact) mass is 416 g/mol. The summed E-state index contributed by atoms with van der Waals surface area (Å²) in [5, 5.41) is 3.09. The highest BCUT2D eigenvalue weighted by Crippen LogP contribution is 2.37.